The Hall–Kier alpha value is -1.10. The minimum atomic E-state index is -4.23. The van der Waals surface area contributed by atoms with Gasteiger partial charge in [0.25, 0.3) is 0 Å². The average molecular weight is 267 g/mol. The molecule has 6 heteroatoms. The lowest BCUT2D eigenvalue weighted by Gasteiger charge is -2.12. The summed E-state index contributed by atoms with van der Waals surface area (Å²) in [5.41, 5.74) is 0.707. The van der Waals surface area contributed by atoms with Gasteiger partial charge in [0.2, 0.25) is 6.79 Å². The maximum Gasteiger partial charge on any atom is 0.390 e. The highest BCUT2D eigenvalue weighted by Gasteiger charge is 2.31. The van der Waals surface area contributed by atoms with Crippen molar-refractivity contribution in [3.05, 3.63) is 23.8 Å². The van der Waals surface area contributed by atoms with Crippen molar-refractivity contribution in [1.82, 2.24) is 0 Å². The zero-order valence-corrected chi connectivity index (χ0v) is 9.52. The highest BCUT2D eigenvalue weighted by atomic mass is 35.5. The first-order valence-electron chi connectivity index (χ1n) is 5.03. The fraction of sp³-hybridized carbons (Fsp3) is 0.455. The van der Waals surface area contributed by atoms with Crippen molar-refractivity contribution < 1.29 is 22.6 Å². The molecule has 17 heavy (non-hydrogen) atoms. The van der Waals surface area contributed by atoms with Crippen LogP contribution >= 0.6 is 11.6 Å². The summed E-state index contributed by atoms with van der Waals surface area (Å²) in [6.07, 6.45) is -5.08. The normalized spacial score (nSPS) is 16.0. The highest BCUT2D eigenvalue weighted by Crippen LogP contribution is 2.34. The van der Waals surface area contributed by atoms with Crippen LogP contribution in [0.15, 0.2) is 18.2 Å². The Morgan fingerprint density at radius 1 is 1.24 bits per heavy atom. The molecule has 1 aromatic carbocycles. The molecular weight excluding hydrogens is 257 g/mol. The largest absolute Gasteiger partial charge is 0.454 e. The summed E-state index contributed by atoms with van der Waals surface area (Å²) in [5, 5.41) is -0.963. The first kappa shape index (κ1) is 12.4. The predicted octanol–water partition coefficient (Wildman–Crippen LogP) is 3.52. The molecule has 1 atom stereocenters. The van der Waals surface area contributed by atoms with E-state index >= 15 is 0 Å². The summed E-state index contributed by atoms with van der Waals surface area (Å²) in [4.78, 5) is 0. The molecule has 2 nitrogen and oxygen atoms in total. The van der Waals surface area contributed by atoms with Crippen molar-refractivity contribution in [2.24, 2.45) is 0 Å². The molecule has 0 saturated heterocycles. The van der Waals surface area contributed by atoms with Gasteiger partial charge in [0.1, 0.15) is 0 Å². The van der Waals surface area contributed by atoms with Gasteiger partial charge in [-0.3, -0.25) is 0 Å². The van der Waals surface area contributed by atoms with Gasteiger partial charge in [0.05, 0.1) is 6.42 Å². The third-order valence-electron chi connectivity index (χ3n) is 2.35. The maximum absolute atomic E-state index is 12.1. The highest BCUT2D eigenvalue weighted by molar-refractivity contribution is 6.20. The van der Waals surface area contributed by atoms with Gasteiger partial charge in [-0.25, -0.2) is 0 Å². The maximum atomic E-state index is 12.1. The van der Waals surface area contributed by atoms with Crippen LogP contribution in [0, 0.1) is 0 Å². The topological polar surface area (TPSA) is 18.5 Å². The summed E-state index contributed by atoms with van der Waals surface area (Å²) in [5.74, 6) is 1.16. The van der Waals surface area contributed by atoms with E-state index in [4.69, 9.17) is 21.1 Å². The summed E-state index contributed by atoms with van der Waals surface area (Å²) >= 11 is 5.66. The van der Waals surface area contributed by atoms with E-state index in [1.54, 1.807) is 18.2 Å². The zero-order valence-electron chi connectivity index (χ0n) is 8.76. The van der Waals surface area contributed by atoms with Gasteiger partial charge in [-0.2, -0.15) is 13.2 Å². The van der Waals surface area contributed by atoms with Gasteiger partial charge >= 0.3 is 6.18 Å². The van der Waals surface area contributed by atoms with Crippen molar-refractivity contribution in [1.29, 1.82) is 0 Å². The lowest BCUT2D eigenvalue weighted by Crippen LogP contribution is -2.17. The number of halogens is 4. The molecule has 0 aliphatic carbocycles. The van der Waals surface area contributed by atoms with Crippen LogP contribution in [0.2, 0.25) is 0 Å². The predicted molar refractivity (Wildman–Crippen MR) is 56.6 cm³/mol. The second-order valence-electron chi connectivity index (χ2n) is 3.81. The van der Waals surface area contributed by atoms with Crippen molar-refractivity contribution in [3.8, 4) is 11.5 Å². The monoisotopic (exact) mass is 266 g/mol. The minimum absolute atomic E-state index is 0.144. The molecule has 1 aliphatic heterocycles. The third kappa shape index (κ3) is 3.43. The summed E-state index contributed by atoms with van der Waals surface area (Å²) in [6, 6.07) is 5.03. The van der Waals surface area contributed by atoms with E-state index < -0.39 is 18.0 Å². The lowest BCUT2D eigenvalue weighted by atomic mass is 10.1. The van der Waals surface area contributed by atoms with Crippen LogP contribution in [-0.4, -0.2) is 18.3 Å². The number of fused-ring (bicyclic) bond motifs is 1. The second kappa shape index (κ2) is 4.64. The molecule has 1 aromatic rings. The first-order chi connectivity index (χ1) is 7.94. The molecule has 0 radical (unpaired) electrons. The van der Waals surface area contributed by atoms with Crippen molar-refractivity contribution in [2.75, 3.05) is 6.79 Å². The number of rotatable bonds is 3. The molecule has 0 saturated carbocycles. The van der Waals surface area contributed by atoms with Crippen molar-refractivity contribution >= 4 is 11.6 Å². The Morgan fingerprint density at radius 2 is 1.94 bits per heavy atom. The smallest absolute Gasteiger partial charge is 0.390 e. The van der Waals surface area contributed by atoms with Gasteiger partial charge in [-0.05, 0) is 24.1 Å². The molecule has 1 heterocycles. The van der Waals surface area contributed by atoms with E-state index in [2.05, 4.69) is 0 Å². The van der Waals surface area contributed by atoms with Gasteiger partial charge in [-0.1, -0.05) is 6.07 Å². The van der Waals surface area contributed by atoms with Crippen LogP contribution in [0.25, 0.3) is 0 Å². The van der Waals surface area contributed by atoms with Crippen molar-refractivity contribution in [3.63, 3.8) is 0 Å². The molecule has 0 amide bonds. The Kier molecular flexibility index (Phi) is 3.38. The zero-order chi connectivity index (χ0) is 12.5. The molecule has 0 N–H and O–H groups in total. The first-order valence-corrected chi connectivity index (χ1v) is 5.47. The van der Waals surface area contributed by atoms with Gasteiger partial charge in [0.15, 0.2) is 11.5 Å². The quantitative estimate of drug-likeness (QED) is 0.780. The summed E-state index contributed by atoms with van der Waals surface area (Å²) in [7, 11) is 0. The van der Waals surface area contributed by atoms with Crippen LogP contribution in [-0.2, 0) is 6.42 Å². The Balaban J connectivity index is 1.99. The summed E-state index contributed by atoms with van der Waals surface area (Å²) in [6.45, 7) is 0.144. The Labute approximate surface area is 101 Å². The van der Waals surface area contributed by atoms with E-state index in [1.165, 1.54) is 0 Å². The molecular formula is C11H10ClF3O2. The molecule has 0 bridgehead atoms. The second-order valence-corrected chi connectivity index (χ2v) is 4.43. The van der Waals surface area contributed by atoms with E-state index in [9.17, 15) is 13.2 Å². The van der Waals surface area contributed by atoms with Gasteiger partial charge < -0.3 is 9.47 Å². The third-order valence-corrected chi connectivity index (χ3v) is 2.66. The molecule has 2 rings (SSSR count). The van der Waals surface area contributed by atoms with E-state index in [-0.39, 0.29) is 13.2 Å². The number of alkyl halides is 4. The molecule has 0 spiro atoms. The van der Waals surface area contributed by atoms with Crippen molar-refractivity contribution in [2.45, 2.75) is 24.4 Å². The number of benzene rings is 1. The van der Waals surface area contributed by atoms with Crippen LogP contribution in [0.1, 0.15) is 12.0 Å². The molecule has 1 aliphatic rings. The average Bonchev–Trinajstić information content (AvgIpc) is 2.61. The molecule has 0 aromatic heterocycles. The summed E-state index contributed by atoms with van der Waals surface area (Å²) < 4.78 is 46.5. The molecule has 0 fully saturated rings. The Morgan fingerprint density at radius 3 is 2.65 bits per heavy atom. The van der Waals surface area contributed by atoms with Crippen LogP contribution < -0.4 is 9.47 Å². The van der Waals surface area contributed by atoms with Crippen LogP contribution in [0.3, 0.4) is 0 Å². The molecule has 94 valence electrons. The fourth-order valence-corrected chi connectivity index (χ4v) is 2.00. The van der Waals surface area contributed by atoms with E-state index in [0.717, 1.165) is 0 Å². The van der Waals surface area contributed by atoms with E-state index in [0.29, 0.717) is 17.1 Å². The fourth-order valence-electron chi connectivity index (χ4n) is 1.65. The van der Waals surface area contributed by atoms with Crippen LogP contribution in [0.4, 0.5) is 13.2 Å². The minimum Gasteiger partial charge on any atom is -0.454 e. The molecule has 1 unspecified atom stereocenters. The Bertz CT molecular complexity index is 406. The lowest BCUT2D eigenvalue weighted by molar-refractivity contribution is -0.134. The SMILES string of the molecule is FC(F)(F)CC(Cl)Cc1ccc2c(c1)OCO2. The van der Waals surface area contributed by atoms with E-state index in [1.807, 2.05) is 0 Å². The van der Waals surface area contributed by atoms with Gasteiger partial charge in [0, 0.05) is 5.38 Å². The van der Waals surface area contributed by atoms with Gasteiger partial charge in [-0.15, -0.1) is 11.6 Å². The standard InChI is InChI=1S/C11H10ClF3O2/c12-8(5-11(13,14)15)3-7-1-2-9-10(4-7)17-6-16-9/h1-2,4,8H,3,5-6H2. The number of hydrogen-bond donors (Lipinski definition) is 0. The van der Waals surface area contributed by atoms with Crippen LogP contribution in [0.5, 0.6) is 11.5 Å². The number of ether oxygens (including phenoxy) is 2. The number of hydrogen-bond acceptors (Lipinski definition) is 2.